The molecular formula is C39H30BrClN2O6. The Bertz CT molecular complexity index is 2090. The highest BCUT2D eigenvalue weighted by Gasteiger charge is 2.70. The lowest BCUT2D eigenvalue weighted by Crippen LogP contribution is -2.53. The fourth-order valence-corrected chi connectivity index (χ4v) is 9.53. The van der Waals surface area contributed by atoms with Crippen LogP contribution in [-0.4, -0.2) is 35.8 Å². The van der Waals surface area contributed by atoms with Crippen LogP contribution in [0, 0.1) is 23.7 Å². The summed E-state index contributed by atoms with van der Waals surface area (Å²) in [6.45, 7) is 0. The van der Waals surface area contributed by atoms with Crippen molar-refractivity contribution in [2.45, 2.75) is 24.2 Å². The molecule has 4 aromatic rings. The second-order valence-corrected chi connectivity index (χ2v) is 14.3. The van der Waals surface area contributed by atoms with E-state index in [1.807, 2.05) is 42.5 Å². The molecule has 0 aromatic heterocycles. The number of carbonyl (C=O) groups is 4. The van der Waals surface area contributed by atoms with E-state index in [1.54, 1.807) is 60.7 Å². The average molecular weight is 738 g/mol. The molecule has 3 fully saturated rings. The van der Waals surface area contributed by atoms with Gasteiger partial charge in [0.25, 0.3) is 0 Å². The lowest BCUT2D eigenvalue weighted by Gasteiger charge is -2.50. The smallest absolute Gasteiger partial charge is 0.246 e. The summed E-state index contributed by atoms with van der Waals surface area (Å²) < 4.78 is 6.17. The second kappa shape index (κ2) is 11.7. The van der Waals surface area contributed by atoms with Crippen LogP contribution in [0.3, 0.4) is 0 Å². The number of aromatic hydroxyl groups is 1. The van der Waals surface area contributed by atoms with E-state index in [1.165, 1.54) is 16.9 Å². The van der Waals surface area contributed by atoms with Gasteiger partial charge >= 0.3 is 0 Å². The van der Waals surface area contributed by atoms with Gasteiger partial charge in [-0.1, -0.05) is 93.8 Å². The van der Waals surface area contributed by atoms with Crippen LogP contribution in [0.4, 0.5) is 11.4 Å². The van der Waals surface area contributed by atoms with E-state index in [0.29, 0.717) is 32.0 Å². The molecule has 1 N–H and O–H groups in total. The fraction of sp³-hybridized carbons (Fsp3) is 0.231. The highest BCUT2D eigenvalue weighted by molar-refractivity contribution is 9.10. The van der Waals surface area contributed by atoms with Gasteiger partial charge in [0.15, 0.2) is 11.5 Å². The van der Waals surface area contributed by atoms with Crippen LogP contribution >= 0.6 is 27.5 Å². The molecule has 6 unspecified atom stereocenters. The summed E-state index contributed by atoms with van der Waals surface area (Å²) in [4.78, 5) is 61.0. The summed E-state index contributed by atoms with van der Waals surface area (Å²) in [6.07, 6.45) is 2.37. The number of carbonyl (C=O) groups excluding carboxylic acids is 4. The van der Waals surface area contributed by atoms with E-state index >= 15 is 4.79 Å². The summed E-state index contributed by atoms with van der Waals surface area (Å²) in [5, 5.41) is 12.2. The number of rotatable bonds is 5. The van der Waals surface area contributed by atoms with Crippen molar-refractivity contribution in [2.24, 2.45) is 23.7 Å². The number of para-hydroxylation sites is 1. The Morgan fingerprint density at radius 3 is 2.20 bits per heavy atom. The Labute approximate surface area is 296 Å². The number of benzene rings is 4. The van der Waals surface area contributed by atoms with Crippen molar-refractivity contribution in [3.63, 3.8) is 0 Å². The molecule has 4 aliphatic rings. The molecule has 10 heteroatoms. The van der Waals surface area contributed by atoms with Crippen molar-refractivity contribution < 1.29 is 29.0 Å². The van der Waals surface area contributed by atoms with Crippen LogP contribution in [0.1, 0.15) is 29.9 Å². The maximum absolute atomic E-state index is 15.4. The molecule has 0 bridgehead atoms. The zero-order chi connectivity index (χ0) is 34.2. The van der Waals surface area contributed by atoms with Crippen molar-refractivity contribution in [1.29, 1.82) is 0 Å². The molecule has 4 aromatic carbocycles. The average Bonchev–Trinajstić information content (AvgIpc) is 3.50. The number of nitrogens with zero attached hydrogens (tertiary/aromatic N) is 2. The highest BCUT2D eigenvalue weighted by atomic mass is 79.9. The summed E-state index contributed by atoms with van der Waals surface area (Å²) in [6, 6.07) is 28.0. The predicted molar refractivity (Wildman–Crippen MR) is 187 cm³/mol. The van der Waals surface area contributed by atoms with Crippen molar-refractivity contribution in [3.05, 3.63) is 129 Å². The number of phenols is 1. The molecule has 2 aliphatic heterocycles. The summed E-state index contributed by atoms with van der Waals surface area (Å²) in [5.41, 5.74) is 1.02. The van der Waals surface area contributed by atoms with E-state index in [0.717, 1.165) is 5.57 Å². The number of allylic oxidation sites excluding steroid dienone is 2. The first-order valence-corrected chi connectivity index (χ1v) is 17.2. The third-order valence-corrected chi connectivity index (χ3v) is 11.5. The zero-order valence-corrected chi connectivity index (χ0v) is 28.6. The van der Waals surface area contributed by atoms with E-state index in [4.69, 9.17) is 16.3 Å². The Morgan fingerprint density at radius 2 is 1.51 bits per heavy atom. The Balaban J connectivity index is 1.39. The van der Waals surface area contributed by atoms with Crippen molar-refractivity contribution in [2.75, 3.05) is 16.9 Å². The van der Waals surface area contributed by atoms with Gasteiger partial charge in [-0.05, 0) is 66.8 Å². The molecule has 8 rings (SSSR count). The van der Waals surface area contributed by atoms with Crippen LogP contribution in [0.2, 0.25) is 5.02 Å². The summed E-state index contributed by atoms with van der Waals surface area (Å²) in [7, 11) is 1.45. The summed E-state index contributed by atoms with van der Waals surface area (Å²) >= 11 is 9.97. The van der Waals surface area contributed by atoms with Crippen molar-refractivity contribution >= 4 is 62.5 Å². The van der Waals surface area contributed by atoms with Gasteiger partial charge in [0, 0.05) is 21.0 Å². The maximum atomic E-state index is 15.4. The number of anilines is 2. The first-order valence-electron chi connectivity index (χ1n) is 16.1. The lowest BCUT2D eigenvalue weighted by atomic mass is 9.49. The normalized spacial score (nSPS) is 27.5. The number of imide groups is 2. The van der Waals surface area contributed by atoms with E-state index in [2.05, 4.69) is 15.9 Å². The van der Waals surface area contributed by atoms with Gasteiger partial charge < -0.3 is 9.84 Å². The molecule has 2 heterocycles. The Morgan fingerprint density at radius 1 is 0.816 bits per heavy atom. The number of halogens is 2. The fourth-order valence-electron chi connectivity index (χ4n) is 8.89. The number of amides is 4. The SMILES string of the molecule is COc1cc(Br)cc(C2C3=CCC4C(=O)N(c5ccccc5)C(=O)C4C3CC3C(=O)N(c4cccc(Cl)c4)C(=O)C32c2ccccc2)c1O. The molecule has 2 aliphatic carbocycles. The monoisotopic (exact) mass is 736 g/mol. The molecule has 8 nitrogen and oxygen atoms in total. The summed E-state index contributed by atoms with van der Waals surface area (Å²) in [5.74, 6) is -5.31. The van der Waals surface area contributed by atoms with Crippen LogP contribution in [-0.2, 0) is 24.6 Å². The van der Waals surface area contributed by atoms with Crippen LogP contribution in [0.5, 0.6) is 11.5 Å². The number of ether oxygens (including phenoxy) is 1. The molecule has 49 heavy (non-hydrogen) atoms. The molecule has 6 atom stereocenters. The van der Waals surface area contributed by atoms with E-state index < -0.39 is 46.8 Å². The minimum atomic E-state index is -1.52. The topological polar surface area (TPSA) is 104 Å². The zero-order valence-electron chi connectivity index (χ0n) is 26.3. The third kappa shape index (κ3) is 4.48. The van der Waals surface area contributed by atoms with Crippen molar-refractivity contribution in [1.82, 2.24) is 0 Å². The molecular weight excluding hydrogens is 708 g/mol. The molecule has 0 spiro atoms. The van der Waals surface area contributed by atoms with E-state index in [-0.39, 0.29) is 36.2 Å². The quantitative estimate of drug-likeness (QED) is 0.172. The van der Waals surface area contributed by atoms with Gasteiger partial charge in [-0.25, -0.2) is 4.90 Å². The number of methoxy groups -OCH3 is 1. The van der Waals surface area contributed by atoms with Gasteiger partial charge in [-0.2, -0.15) is 0 Å². The van der Waals surface area contributed by atoms with Crippen LogP contribution in [0.15, 0.2) is 113 Å². The van der Waals surface area contributed by atoms with Crippen LogP contribution in [0.25, 0.3) is 0 Å². The van der Waals surface area contributed by atoms with Gasteiger partial charge in [-0.15, -0.1) is 0 Å². The van der Waals surface area contributed by atoms with E-state index in [9.17, 15) is 19.5 Å². The molecule has 1 saturated carbocycles. The highest BCUT2D eigenvalue weighted by Crippen LogP contribution is 2.66. The molecule has 2 saturated heterocycles. The van der Waals surface area contributed by atoms with Gasteiger partial charge in [0.2, 0.25) is 23.6 Å². The standard InChI is InChI=1S/C39H30BrClN2O6/c1-49-31-18-22(40)17-29(34(31)44)33-26-15-16-27-32(37(47)42(35(27)45)24-12-6-3-7-13-24)28(26)20-30-36(46)43(25-14-8-11-23(41)19-25)38(48)39(30,33)21-9-4-2-5-10-21/h2-15,17-19,27-28,30,32-33,44H,16,20H2,1H3. The largest absolute Gasteiger partial charge is 0.504 e. The van der Waals surface area contributed by atoms with Gasteiger partial charge in [0.1, 0.15) is 0 Å². The molecule has 246 valence electrons. The number of phenolic OH excluding ortho intramolecular Hbond substituents is 1. The minimum absolute atomic E-state index is 0.146. The first kappa shape index (κ1) is 31.5. The lowest BCUT2D eigenvalue weighted by molar-refractivity contribution is -0.127. The Hall–Kier alpha value is -4.73. The second-order valence-electron chi connectivity index (χ2n) is 13.0. The third-order valence-electron chi connectivity index (χ3n) is 10.8. The maximum Gasteiger partial charge on any atom is 0.246 e. The number of hydrogen-bond donors (Lipinski definition) is 1. The van der Waals surface area contributed by atoms with Crippen LogP contribution < -0.4 is 14.5 Å². The first-order chi connectivity index (χ1) is 23.7. The predicted octanol–water partition coefficient (Wildman–Crippen LogP) is 7.18. The molecule has 4 amide bonds. The van der Waals surface area contributed by atoms with Crippen molar-refractivity contribution in [3.8, 4) is 11.5 Å². The number of hydrogen-bond acceptors (Lipinski definition) is 6. The van der Waals surface area contributed by atoms with Gasteiger partial charge in [-0.3, -0.25) is 24.1 Å². The number of fused-ring (bicyclic) bond motifs is 4. The Kier molecular flexibility index (Phi) is 7.53. The minimum Gasteiger partial charge on any atom is -0.504 e. The van der Waals surface area contributed by atoms with Gasteiger partial charge in [0.05, 0.1) is 41.7 Å². The molecule has 0 radical (unpaired) electrons.